The van der Waals surface area contributed by atoms with E-state index in [0.29, 0.717) is 5.69 Å². The van der Waals surface area contributed by atoms with Crippen molar-refractivity contribution < 1.29 is 4.79 Å². The van der Waals surface area contributed by atoms with Crippen LogP contribution in [0, 0.1) is 0 Å². The highest BCUT2D eigenvalue weighted by molar-refractivity contribution is 5.73. The van der Waals surface area contributed by atoms with Crippen molar-refractivity contribution in [3.63, 3.8) is 0 Å². The first-order valence-corrected chi connectivity index (χ1v) is 3.88. The van der Waals surface area contributed by atoms with Gasteiger partial charge in [0.1, 0.15) is 5.69 Å². The lowest BCUT2D eigenvalue weighted by Gasteiger charge is -1.99. The molecule has 0 N–H and O–H groups in total. The van der Waals surface area contributed by atoms with Crippen molar-refractivity contribution in [2.75, 3.05) is 0 Å². The molecule has 62 valence electrons. The van der Waals surface area contributed by atoms with Gasteiger partial charge in [-0.3, -0.25) is 9.78 Å². The van der Waals surface area contributed by atoms with Crippen LogP contribution in [0.15, 0.2) is 31.0 Å². The highest BCUT2D eigenvalue weighted by atomic mass is 16.1. The van der Waals surface area contributed by atoms with E-state index >= 15 is 0 Å². The van der Waals surface area contributed by atoms with Gasteiger partial charge < -0.3 is 0 Å². The summed E-state index contributed by atoms with van der Waals surface area (Å²) >= 11 is 0. The SMILES string of the molecule is C=CCCc1cccnc1C=O. The molecule has 0 aliphatic carbocycles. The number of allylic oxidation sites excluding steroid dienone is 1. The molecule has 0 aromatic carbocycles. The Balaban J connectivity index is 2.81. The van der Waals surface area contributed by atoms with E-state index in [-0.39, 0.29) is 0 Å². The Bertz CT molecular complexity index is 281. The molecule has 0 saturated carbocycles. The summed E-state index contributed by atoms with van der Waals surface area (Å²) in [6.07, 6.45) is 5.97. The Morgan fingerprint density at radius 3 is 3.08 bits per heavy atom. The zero-order valence-electron chi connectivity index (χ0n) is 6.86. The Labute approximate surface area is 71.9 Å². The third-order valence-electron chi connectivity index (χ3n) is 1.66. The van der Waals surface area contributed by atoms with Crippen molar-refractivity contribution in [2.45, 2.75) is 12.8 Å². The molecule has 12 heavy (non-hydrogen) atoms. The maximum Gasteiger partial charge on any atom is 0.168 e. The summed E-state index contributed by atoms with van der Waals surface area (Å²) in [5.41, 5.74) is 1.53. The average Bonchev–Trinajstić information content (AvgIpc) is 2.15. The first-order chi connectivity index (χ1) is 5.88. The topological polar surface area (TPSA) is 30.0 Å². The second kappa shape index (κ2) is 4.44. The number of aryl methyl sites for hydroxylation is 1. The molecular weight excluding hydrogens is 150 g/mol. The van der Waals surface area contributed by atoms with Gasteiger partial charge in [0.25, 0.3) is 0 Å². The van der Waals surface area contributed by atoms with Crippen LogP contribution in [0.3, 0.4) is 0 Å². The Hall–Kier alpha value is -1.44. The summed E-state index contributed by atoms with van der Waals surface area (Å²) in [5, 5.41) is 0. The Kier molecular flexibility index (Phi) is 3.20. The fourth-order valence-electron chi connectivity index (χ4n) is 1.03. The largest absolute Gasteiger partial charge is 0.296 e. The molecule has 1 aromatic heterocycles. The predicted molar refractivity (Wildman–Crippen MR) is 48.1 cm³/mol. The molecule has 0 fully saturated rings. The van der Waals surface area contributed by atoms with Crippen molar-refractivity contribution in [1.29, 1.82) is 0 Å². The molecule has 0 saturated heterocycles. The first kappa shape index (κ1) is 8.65. The molecular formula is C10H11NO. The molecule has 0 bridgehead atoms. The summed E-state index contributed by atoms with van der Waals surface area (Å²) in [4.78, 5) is 14.4. The smallest absolute Gasteiger partial charge is 0.168 e. The van der Waals surface area contributed by atoms with Crippen LogP contribution in [0.1, 0.15) is 22.5 Å². The second-order valence-electron chi connectivity index (χ2n) is 2.49. The number of hydrogen-bond donors (Lipinski definition) is 0. The third-order valence-corrected chi connectivity index (χ3v) is 1.66. The van der Waals surface area contributed by atoms with Gasteiger partial charge in [-0.25, -0.2) is 0 Å². The van der Waals surface area contributed by atoms with Crippen molar-refractivity contribution in [3.05, 3.63) is 42.2 Å². The maximum absolute atomic E-state index is 10.5. The van der Waals surface area contributed by atoms with E-state index in [2.05, 4.69) is 11.6 Å². The van der Waals surface area contributed by atoms with E-state index in [1.807, 2.05) is 18.2 Å². The van der Waals surface area contributed by atoms with Crippen LogP contribution in [-0.4, -0.2) is 11.3 Å². The monoisotopic (exact) mass is 161 g/mol. The van der Waals surface area contributed by atoms with Crippen LogP contribution in [-0.2, 0) is 6.42 Å². The molecule has 0 spiro atoms. The van der Waals surface area contributed by atoms with Crippen LogP contribution >= 0.6 is 0 Å². The molecule has 2 heteroatoms. The fraction of sp³-hybridized carbons (Fsp3) is 0.200. The number of carbonyl (C=O) groups is 1. The van der Waals surface area contributed by atoms with Gasteiger partial charge in [-0.05, 0) is 24.5 Å². The zero-order valence-corrected chi connectivity index (χ0v) is 6.86. The summed E-state index contributed by atoms with van der Waals surface area (Å²) in [5.74, 6) is 0. The third kappa shape index (κ3) is 2.02. The van der Waals surface area contributed by atoms with E-state index in [4.69, 9.17) is 0 Å². The normalized spacial score (nSPS) is 9.33. The minimum absolute atomic E-state index is 0.541. The Morgan fingerprint density at radius 1 is 1.58 bits per heavy atom. The van der Waals surface area contributed by atoms with Crippen molar-refractivity contribution in [3.8, 4) is 0 Å². The van der Waals surface area contributed by atoms with E-state index < -0.39 is 0 Å². The molecule has 1 aromatic rings. The van der Waals surface area contributed by atoms with Crippen LogP contribution < -0.4 is 0 Å². The first-order valence-electron chi connectivity index (χ1n) is 3.88. The molecule has 0 amide bonds. The van der Waals surface area contributed by atoms with Crippen molar-refractivity contribution in [2.24, 2.45) is 0 Å². The highest BCUT2D eigenvalue weighted by Crippen LogP contribution is 2.05. The van der Waals surface area contributed by atoms with Gasteiger partial charge in [-0.15, -0.1) is 6.58 Å². The van der Waals surface area contributed by atoms with Gasteiger partial charge >= 0.3 is 0 Å². The summed E-state index contributed by atoms with van der Waals surface area (Å²) in [7, 11) is 0. The van der Waals surface area contributed by atoms with Crippen molar-refractivity contribution >= 4 is 6.29 Å². The minimum Gasteiger partial charge on any atom is -0.296 e. The van der Waals surface area contributed by atoms with Crippen LogP contribution in [0.4, 0.5) is 0 Å². The number of rotatable bonds is 4. The number of carbonyl (C=O) groups excluding carboxylic acids is 1. The molecule has 1 heterocycles. The predicted octanol–water partition coefficient (Wildman–Crippen LogP) is 2.01. The maximum atomic E-state index is 10.5. The number of hydrogen-bond acceptors (Lipinski definition) is 2. The lowest BCUT2D eigenvalue weighted by Crippen LogP contribution is -1.94. The lowest BCUT2D eigenvalue weighted by atomic mass is 10.1. The van der Waals surface area contributed by atoms with E-state index in [0.717, 1.165) is 24.7 Å². The molecule has 1 rings (SSSR count). The van der Waals surface area contributed by atoms with Gasteiger partial charge in [0.15, 0.2) is 6.29 Å². The second-order valence-corrected chi connectivity index (χ2v) is 2.49. The van der Waals surface area contributed by atoms with Gasteiger partial charge in [0, 0.05) is 6.20 Å². The van der Waals surface area contributed by atoms with Gasteiger partial charge in [-0.2, -0.15) is 0 Å². The van der Waals surface area contributed by atoms with Gasteiger partial charge in [0.05, 0.1) is 0 Å². The average molecular weight is 161 g/mol. The summed E-state index contributed by atoms with van der Waals surface area (Å²) < 4.78 is 0. The molecule has 2 nitrogen and oxygen atoms in total. The number of nitrogens with zero attached hydrogens (tertiary/aromatic N) is 1. The molecule has 0 aliphatic heterocycles. The quantitative estimate of drug-likeness (QED) is 0.499. The molecule has 0 unspecified atom stereocenters. The van der Waals surface area contributed by atoms with Crippen LogP contribution in [0.25, 0.3) is 0 Å². The van der Waals surface area contributed by atoms with Gasteiger partial charge in [0.2, 0.25) is 0 Å². The fourth-order valence-corrected chi connectivity index (χ4v) is 1.03. The van der Waals surface area contributed by atoms with E-state index in [9.17, 15) is 4.79 Å². The van der Waals surface area contributed by atoms with Crippen LogP contribution in [0.5, 0.6) is 0 Å². The minimum atomic E-state index is 0.541. The van der Waals surface area contributed by atoms with Crippen molar-refractivity contribution in [1.82, 2.24) is 4.98 Å². The van der Waals surface area contributed by atoms with Crippen LogP contribution in [0.2, 0.25) is 0 Å². The number of aldehydes is 1. The summed E-state index contributed by atoms with van der Waals surface area (Å²) in [6.45, 7) is 3.62. The van der Waals surface area contributed by atoms with E-state index in [1.165, 1.54) is 0 Å². The molecule has 0 radical (unpaired) electrons. The molecule has 0 atom stereocenters. The van der Waals surface area contributed by atoms with E-state index in [1.54, 1.807) is 6.20 Å². The standard InChI is InChI=1S/C10H11NO/c1-2-3-5-9-6-4-7-11-10(9)8-12/h2,4,6-8H,1,3,5H2. The molecule has 0 aliphatic rings. The zero-order chi connectivity index (χ0) is 8.81. The highest BCUT2D eigenvalue weighted by Gasteiger charge is 1.99. The number of pyridine rings is 1. The number of aromatic nitrogens is 1. The lowest BCUT2D eigenvalue weighted by molar-refractivity contribution is 0.111. The summed E-state index contributed by atoms with van der Waals surface area (Å²) in [6, 6.07) is 3.76. The van der Waals surface area contributed by atoms with Gasteiger partial charge in [-0.1, -0.05) is 12.1 Å². The Morgan fingerprint density at radius 2 is 2.42 bits per heavy atom.